The van der Waals surface area contributed by atoms with Crippen molar-refractivity contribution in [2.45, 2.75) is 72.6 Å². The van der Waals surface area contributed by atoms with Gasteiger partial charge in [-0.25, -0.2) is 0 Å². The first kappa shape index (κ1) is 14.5. The van der Waals surface area contributed by atoms with Crippen molar-refractivity contribution in [2.75, 3.05) is 5.33 Å². The molecular formula is C15H29Br. The van der Waals surface area contributed by atoms with E-state index in [2.05, 4.69) is 43.6 Å². The van der Waals surface area contributed by atoms with Crippen LogP contribution in [0.2, 0.25) is 0 Å². The summed E-state index contributed by atoms with van der Waals surface area (Å²) in [6.45, 7) is 9.53. The van der Waals surface area contributed by atoms with Crippen LogP contribution in [0.4, 0.5) is 0 Å². The zero-order valence-electron chi connectivity index (χ0n) is 11.6. The number of hydrogen-bond acceptors (Lipinski definition) is 0. The Bertz CT molecular complexity index is 194. The van der Waals surface area contributed by atoms with E-state index in [1.807, 2.05) is 0 Å². The number of unbranched alkanes of at least 4 members (excludes halogenated alkanes) is 1. The summed E-state index contributed by atoms with van der Waals surface area (Å²) in [7, 11) is 0. The number of alkyl halides is 1. The zero-order chi connectivity index (χ0) is 12.2. The van der Waals surface area contributed by atoms with Gasteiger partial charge < -0.3 is 0 Å². The lowest BCUT2D eigenvalue weighted by Crippen LogP contribution is -2.33. The van der Waals surface area contributed by atoms with Gasteiger partial charge in [-0.1, -0.05) is 56.5 Å². The van der Waals surface area contributed by atoms with Gasteiger partial charge in [-0.15, -0.1) is 0 Å². The molecule has 1 rings (SSSR count). The van der Waals surface area contributed by atoms with E-state index in [-0.39, 0.29) is 0 Å². The molecule has 0 aromatic rings. The normalized spacial score (nSPS) is 31.7. The Balaban J connectivity index is 2.50. The van der Waals surface area contributed by atoms with Crippen LogP contribution in [0.3, 0.4) is 0 Å². The zero-order valence-corrected chi connectivity index (χ0v) is 13.2. The van der Waals surface area contributed by atoms with Crippen LogP contribution in [0.1, 0.15) is 72.6 Å². The molecule has 0 spiro atoms. The fourth-order valence-electron chi connectivity index (χ4n) is 3.10. The lowest BCUT2D eigenvalue weighted by Gasteiger charge is -2.43. The van der Waals surface area contributed by atoms with Crippen LogP contribution in [0.5, 0.6) is 0 Å². The van der Waals surface area contributed by atoms with Gasteiger partial charge >= 0.3 is 0 Å². The van der Waals surface area contributed by atoms with E-state index in [1.165, 1.54) is 50.3 Å². The van der Waals surface area contributed by atoms with Crippen LogP contribution in [-0.4, -0.2) is 5.33 Å². The van der Waals surface area contributed by atoms with Crippen molar-refractivity contribution in [1.82, 2.24) is 0 Å². The average molecular weight is 289 g/mol. The smallest absolute Gasteiger partial charge is 0.00879 e. The monoisotopic (exact) mass is 288 g/mol. The standard InChI is InChI=1S/C15H29Br/c1-5-6-9-15(12-16)10-7-13(8-11-15)14(2,3)4/h13H,5-12H2,1-4H3. The Hall–Kier alpha value is 0.480. The van der Waals surface area contributed by atoms with Gasteiger partial charge in [-0.2, -0.15) is 0 Å². The minimum Gasteiger partial charge on any atom is -0.0922 e. The minimum absolute atomic E-state index is 0.517. The van der Waals surface area contributed by atoms with E-state index < -0.39 is 0 Å². The lowest BCUT2D eigenvalue weighted by molar-refractivity contribution is 0.0958. The third-order valence-corrected chi connectivity index (χ3v) is 5.80. The SMILES string of the molecule is CCCCC1(CBr)CCC(C(C)(C)C)CC1. The van der Waals surface area contributed by atoms with Crippen molar-refractivity contribution >= 4 is 15.9 Å². The summed E-state index contributed by atoms with van der Waals surface area (Å²) in [5.74, 6) is 0.946. The largest absolute Gasteiger partial charge is 0.0922 e. The van der Waals surface area contributed by atoms with E-state index in [9.17, 15) is 0 Å². The highest BCUT2D eigenvalue weighted by Crippen LogP contribution is 2.48. The van der Waals surface area contributed by atoms with Crippen LogP contribution in [0.25, 0.3) is 0 Å². The molecular weight excluding hydrogens is 260 g/mol. The molecule has 1 heteroatoms. The van der Waals surface area contributed by atoms with Crippen LogP contribution in [0.15, 0.2) is 0 Å². The second-order valence-electron chi connectivity index (χ2n) is 6.88. The molecule has 0 bridgehead atoms. The van der Waals surface area contributed by atoms with Crippen LogP contribution in [0, 0.1) is 16.7 Å². The van der Waals surface area contributed by atoms with Crippen molar-refractivity contribution in [3.63, 3.8) is 0 Å². The van der Waals surface area contributed by atoms with Crippen molar-refractivity contribution in [3.8, 4) is 0 Å². The second kappa shape index (κ2) is 5.89. The van der Waals surface area contributed by atoms with Crippen molar-refractivity contribution < 1.29 is 0 Å². The summed E-state index contributed by atoms with van der Waals surface area (Å²) in [4.78, 5) is 0. The van der Waals surface area contributed by atoms with Gasteiger partial charge in [0.2, 0.25) is 0 Å². The lowest BCUT2D eigenvalue weighted by atomic mass is 9.63. The predicted molar refractivity (Wildman–Crippen MR) is 77.2 cm³/mol. The van der Waals surface area contributed by atoms with Gasteiger partial charge in [0.1, 0.15) is 0 Å². The molecule has 0 unspecified atom stereocenters. The first-order valence-electron chi connectivity index (χ1n) is 6.99. The van der Waals surface area contributed by atoms with Crippen LogP contribution >= 0.6 is 15.9 Å². The second-order valence-corrected chi connectivity index (χ2v) is 7.44. The third-order valence-electron chi connectivity index (χ3n) is 4.62. The maximum absolute atomic E-state index is 3.77. The summed E-state index contributed by atoms with van der Waals surface area (Å²) in [6, 6.07) is 0. The molecule has 0 nitrogen and oxygen atoms in total. The molecule has 1 aliphatic carbocycles. The highest BCUT2D eigenvalue weighted by molar-refractivity contribution is 9.09. The van der Waals surface area contributed by atoms with Crippen LogP contribution in [-0.2, 0) is 0 Å². The molecule has 0 heterocycles. The first-order chi connectivity index (χ1) is 7.43. The van der Waals surface area contributed by atoms with Gasteiger partial charge in [0.05, 0.1) is 0 Å². The Morgan fingerprint density at radius 3 is 2.12 bits per heavy atom. The molecule has 0 aromatic heterocycles. The summed E-state index contributed by atoms with van der Waals surface area (Å²) in [6.07, 6.45) is 9.97. The maximum Gasteiger partial charge on any atom is 0.00879 e. The molecule has 16 heavy (non-hydrogen) atoms. The van der Waals surface area contributed by atoms with Crippen molar-refractivity contribution in [1.29, 1.82) is 0 Å². The average Bonchev–Trinajstić information content (AvgIpc) is 2.26. The van der Waals surface area contributed by atoms with Gasteiger partial charge in [0.25, 0.3) is 0 Å². The number of halogens is 1. The Morgan fingerprint density at radius 1 is 1.19 bits per heavy atom. The summed E-state index contributed by atoms with van der Waals surface area (Å²) in [5, 5.41) is 1.22. The van der Waals surface area contributed by atoms with Crippen molar-refractivity contribution in [3.05, 3.63) is 0 Å². The molecule has 1 fully saturated rings. The Labute approximate surface area is 111 Å². The topological polar surface area (TPSA) is 0 Å². The quantitative estimate of drug-likeness (QED) is 0.574. The molecule has 96 valence electrons. The van der Waals surface area contributed by atoms with Gasteiger partial charge in [-0.05, 0) is 48.9 Å². The Morgan fingerprint density at radius 2 is 1.75 bits per heavy atom. The third kappa shape index (κ3) is 3.75. The highest BCUT2D eigenvalue weighted by atomic mass is 79.9. The summed E-state index contributed by atoms with van der Waals surface area (Å²) >= 11 is 3.77. The molecule has 0 N–H and O–H groups in total. The summed E-state index contributed by atoms with van der Waals surface area (Å²) < 4.78 is 0. The fourth-order valence-corrected chi connectivity index (χ4v) is 3.94. The maximum atomic E-state index is 3.77. The predicted octanol–water partition coefficient (Wildman–Crippen LogP) is 5.79. The highest BCUT2D eigenvalue weighted by Gasteiger charge is 2.37. The van der Waals surface area contributed by atoms with E-state index in [0.29, 0.717) is 10.8 Å². The Kier molecular flexibility index (Phi) is 5.35. The molecule has 0 aliphatic heterocycles. The minimum atomic E-state index is 0.517. The van der Waals surface area contributed by atoms with E-state index in [4.69, 9.17) is 0 Å². The molecule has 1 aliphatic rings. The number of hydrogen-bond donors (Lipinski definition) is 0. The van der Waals surface area contributed by atoms with E-state index in [1.54, 1.807) is 0 Å². The molecule has 0 radical (unpaired) electrons. The van der Waals surface area contributed by atoms with E-state index in [0.717, 1.165) is 5.92 Å². The number of rotatable bonds is 4. The van der Waals surface area contributed by atoms with Gasteiger partial charge in [-0.3, -0.25) is 0 Å². The molecule has 0 aromatic carbocycles. The molecule has 0 saturated heterocycles. The fraction of sp³-hybridized carbons (Fsp3) is 1.00. The van der Waals surface area contributed by atoms with Crippen molar-refractivity contribution in [2.24, 2.45) is 16.7 Å². The molecule has 0 atom stereocenters. The van der Waals surface area contributed by atoms with Crippen LogP contribution < -0.4 is 0 Å². The molecule has 0 amide bonds. The first-order valence-corrected chi connectivity index (χ1v) is 8.12. The molecule has 1 saturated carbocycles. The van der Waals surface area contributed by atoms with E-state index >= 15 is 0 Å². The summed E-state index contributed by atoms with van der Waals surface area (Å²) in [5.41, 5.74) is 1.15. The van der Waals surface area contributed by atoms with Gasteiger partial charge in [0.15, 0.2) is 0 Å². The van der Waals surface area contributed by atoms with Gasteiger partial charge in [0, 0.05) is 5.33 Å².